The van der Waals surface area contributed by atoms with Crippen LogP contribution in [0.4, 0.5) is 4.79 Å². The third-order valence-corrected chi connectivity index (χ3v) is 3.94. The molecule has 82 valence electrons. The molecule has 1 rings (SSSR count). The highest BCUT2D eigenvalue weighted by molar-refractivity contribution is 8.13. The van der Waals surface area contributed by atoms with Gasteiger partial charge >= 0.3 is 0 Å². The normalized spacial score (nSPS) is 27.3. The SMILES string of the molecule is CCCSC(=O)N[C@@H]1CCCC[C@@H]1Cl. The summed E-state index contributed by atoms with van der Waals surface area (Å²) in [5, 5.41) is 3.22. The molecule has 0 radical (unpaired) electrons. The number of alkyl halides is 1. The summed E-state index contributed by atoms with van der Waals surface area (Å²) < 4.78 is 0. The molecule has 0 aliphatic heterocycles. The molecule has 0 bridgehead atoms. The van der Waals surface area contributed by atoms with Crippen LogP contribution in [-0.4, -0.2) is 22.4 Å². The number of halogens is 1. The first-order valence-corrected chi connectivity index (χ1v) is 6.73. The van der Waals surface area contributed by atoms with Crippen molar-refractivity contribution in [2.45, 2.75) is 50.4 Å². The Bertz CT molecular complexity index is 189. The maximum Gasteiger partial charge on any atom is 0.279 e. The van der Waals surface area contributed by atoms with Gasteiger partial charge in [-0.15, -0.1) is 11.6 Å². The first-order valence-electron chi connectivity index (χ1n) is 5.31. The first-order chi connectivity index (χ1) is 6.74. The molecule has 1 N–H and O–H groups in total. The molecular weight excluding hydrogens is 218 g/mol. The monoisotopic (exact) mass is 235 g/mol. The van der Waals surface area contributed by atoms with Gasteiger partial charge in [0.25, 0.3) is 5.24 Å². The zero-order valence-corrected chi connectivity index (χ0v) is 10.2. The Hall–Kier alpha value is 0.110. The number of hydrogen-bond donors (Lipinski definition) is 1. The van der Waals surface area contributed by atoms with Crippen molar-refractivity contribution in [1.82, 2.24) is 5.32 Å². The van der Waals surface area contributed by atoms with Gasteiger partial charge < -0.3 is 5.32 Å². The Labute approximate surface area is 95.2 Å². The minimum atomic E-state index is 0.0874. The van der Waals surface area contributed by atoms with Crippen LogP contribution in [0.25, 0.3) is 0 Å². The van der Waals surface area contributed by atoms with Crippen molar-refractivity contribution in [1.29, 1.82) is 0 Å². The lowest BCUT2D eigenvalue weighted by atomic mass is 9.95. The Kier molecular flexibility index (Phi) is 5.71. The molecule has 1 saturated carbocycles. The molecule has 0 spiro atoms. The molecule has 14 heavy (non-hydrogen) atoms. The second-order valence-corrected chi connectivity index (χ2v) is 5.32. The average molecular weight is 236 g/mol. The van der Waals surface area contributed by atoms with Gasteiger partial charge in [-0.1, -0.05) is 31.5 Å². The van der Waals surface area contributed by atoms with Gasteiger partial charge in [0.05, 0.1) is 5.38 Å². The quantitative estimate of drug-likeness (QED) is 0.760. The van der Waals surface area contributed by atoms with E-state index >= 15 is 0 Å². The van der Waals surface area contributed by atoms with Crippen LogP contribution in [0.15, 0.2) is 0 Å². The molecule has 0 aromatic rings. The molecule has 1 amide bonds. The average Bonchev–Trinajstić information content (AvgIpc) is 2.18. The molecule has 4 heteroatoms. The molecule has 0 unspecified atom stereocenters. The summed E-state index contributed by atoms with van der Waals surface area (Å²) in [6.07, 6.45) is 5.49. The minimum absolute atomic E-state index is 0.0874. The zero-order chi connectivity index (χ0) is 10.4. The van der Waals surface area contributed by atoms with Crippen LogP contribution >= 0.6 is 23.4 Å². The summed E-state index contributed by atoms with van der Waals surface area (Å²) in [7, 11) is 0. The predicted octanol–water partition coefficient (Wildman–Crippen LogP) is 3.39. The van der Waals surface area contributed by atoms with E-state index in [0.717, 1.165) is 25.0 Å². The van der Waals surface area contributed by atoms with Crippen molar-refractivity contribution >= 4 is 28.6 Å². The largest absolute Gasteiger partial charge is 0.343 e. The lowest BCUT2D eigenvalue weighted by molar-refractivity contribution is 0.253. The van der Waals surface area contributed by atoms with E-state index in [-0.39, 0.29) is 16.7 Å². The van der Waals surface area contributed by atoms with E-state index in [9.17, 15) is 4.79 Å². The number of carbonyl (C=O) groups excluding carboxylic acids is 1. The van der Waals surface area contributed by atoms with E-state index in [1.807, 2.05) is 0 Å². The molecule has 0 heterocycles. The van der Waals surface area contributed by atoms with Crippen LogP contribution in [0.3, 0.4) is 0 Å². The smallest absolute Gasteiger partial charge is 0.279 e. The summed E-state index contributed by atoms with van der Waals surface area (Å²) >= 11 is 7.50. The van der Waals surface area contributed by atoms with Gasteiger partial charge in [0.1, 0.15) is 0 Å². The predicted molar refractivity (Wildman–Crippen MR) is 63.2 cm³/mol. The Morgan fingerprint density at radius 1 is 1.50 bits per heavy atom. The number of rotatable bonds is 3. The Morgan fingerprint density at radius 3 is 2.86 bits per heavy atom. The van der Waals surface area contributed by atoms with Crippen molar-refractivity contribution in [3.8, 4) is 0 Å². The van der Waals surface area contributed by atoms with Crippen molar-refractivity contribution in [2.75, 3.05) is 5.75 Å². The van der Waals surface area contributed by atoms with Crippen LogP contribution < -0.4 is 5.32 Å². The van der Waals surface area contributed by atoms with Gasteiger partial charge in [-0.05, 0) is 19.3 Å². The van der Waals surface area contributed by atoms with E-state index in [0.29, 0.717) is 0 Å². The highest BCUT2D eigenvalue weighted by atomic mass is 35.5. The Morgan fingerprint density at radius 2 is 2.21 bits per heavy atom. The number of carbonyl (C=O) groups is 1. The molecular formula is C10H18ClNOS. The van der Waals surface area contributed by atoms with E-state index in [1.165, 1.54) is 24.6 Å². The van der Waals surface area contributed by atoms with E-state index < -0.39 is 0 Å². The number of hydrogen-bond acceptors (Lipinski definition) is 2. The van der Waals surface area contributed by atoms with E-state index in [1.54, 1.807) is 0 Å². The molecule has 2 nitrogen and oxygen atoms in total. The number of amides is 1. The molecule has 0 aromatic heterocycles. The van der Waals surface area contributed by atoms with Crippen molar-refractivity contribution in [3.05, 3.63) is 0 Å². The molecule has 0 saturated heterocycles. The second kappa shape index (κ2) is 6.57. The molecule has 0 aromatic carbocycles. The van der Waals surface area contributed by atoms with Gasteiger partial charge in [0, 0.05) is 11.8 Å². The van der Waals surface area contributed by atoms with E-state index in [2.05, 4.69) is 12.2 Å². The molecule has 2 atom stereocenters. The first kappa shape index (κ1) is 12.2. The lowest BCUT2D eigenvalue weighted by Gasteiger charge is -2.27. The summed E-state index contributed by atoms with van der Waals surface area (Å²) in [5.41, 5.74) is 0. The minimum Gasteiger partial charge on any atom is -0.343 e. The van der Waals surface area contributed by atoms with Crippen molar-refractivity contribution in [2.24, 2.45) is 0 Å². The highest BCUT2D eigenvalue weighted by Gasteiger charge is 2.24. The Balaban J connectivity index is 2.23. The molecule has 1 aliphatic carbocycles. The molecule has 1 fully saturated rings. The third-order valence-electron chi connectivity index (χ3n) is 2.42. The second-order valence-electron chi connectivity index (χ2n) is 3.69. The standard InChI is InChI=1S/C10H18ClNOS/c1-2-7-14-10(13)12-9-6-4-3-5-8(9)11/h8-9H,2-7H2,1H3,(H,12,13)/t8-,9+/m0/s1. The number of thioether (sulfide) groups is 1. The fourth-order valence-corrected chi connectivity index (χ4v) is 2.60. The topological polar surface area (TPSA) is 29.1 Å². The highest BCUT2D eigenvalue weighted by Crippen LogP contribution is 2.23. The van der Waals surface area contributed by atoms with Crippen molar-refractivity contribution in [3.63, 3.8) is 0 Å². The van der Waals surface area contributed by atoms with Crippen molar-refractivity contribution < 1.29 is 4.79 Å². The van der Waals surface area contributed by atoms with Crippen LogP contribution in [-0.2, 0) is 0 Å². The summed E-state index contributed by atoms with van der Waals surface area (Å²) in [4.78, 5) is 11.4. The summed E-state index contributed by atoms with van der Waals surface area (Å²) in [5.74, 6) is 0.894. The van der Waals surface area contributed by atoms with Crippen LogP contribution in [0, 0.1) is 0 Å². The van der Waals surface area contributed by atoms with E-state index in [4.69, 9.17) is 11.6 Å². The van der Waals surface area contributed by atoms with Gasteiger partial charge in [-0.2, -0.15) is 0 Å². The summed E-state index contributed by atoms with van der Waals surface area (Å²) in [6, 6.07) is 0.197. The van der Waals surface area contributed by atoms with Crippen LogP contribution in [0.2, 0.25) is 0 Å². The fourth-order valence-electron chi connectivity index (χ4n) is 1.64. The number of nitrogens with one attached hydrogen (secondary N) is 1. The maximum absolute atomic E-state index is 11.4. The lowest BCUT2D eigenvalue weighted by Crippen LogP contribution is -2.41. The van der Waals surface area contributed by atoms with Gasteiger partial charge in [-0.3, -0.25) is 4.79 Å². The third kappa shape index (κ3) is 4.09. The van der Waals surface area contributed by atoms with Gasteiger partial charge in [-0.25, -0.2) is 0 Å². The van der Waals surface area contributed by atoms with Gasteiger partial charge in [0.2, 0.25) is 0 Å². The maximum atomic E-state index is 11.4. The summed E-state index contributed by atoms with van der Waals surface area (Å²) in [6.45, 7) is 2.07. The molecule has 1 aliphatic rings. The van der Waals surface area contributed by atoms with Crippen LogP contribution in [0.1, 0.15) is 39.0 Å². The zero-order valence-electron chi connectivity index (χ0n) is 8.59. The van der Waals surface area contributed by atoms with Gasteiger partial charge in [0.15, 0.2) is 0 Å². The van der Waals surface area contributed by atoms with Crippen LogP contribution in [0.5, 0.6) is 0 Å². The fraction of sp³-hybridized carbons (Fsp3) is 0.900.